The van der Waals surface area contributed by atoms with Crippen LogP contribution in [0.15, 0.2) is 18.5 Å². The first-order valence-corrected chi connectivity index (χ1v) is 8.41. The van der Waals surface area contributed by atoms with Gasteiger partial charge in [0, 0.05) is 28.1 Å². The van der Waals surface area contributed by atoms with Gasteiger partial charge in [0.25, 0.3) is 0 Å². The van der Waals surface area contributed by atoms with Crippen LogP contribution in [-0.2, 0) is 19.4 Å². The minimum absolute atomic E-state index is 0.516. The maximum Gasteiger partial charge on any atom is 0.116 e. The lowest BCUT2D eigenvalue weighted by Gasteiger charge is -2.05. The second-order valence-electron chi connectivity index (χ2n) is 5.60. The Morgan fingerprint density at radius 1 is 1.35 bits per heavy atom. The summed E-state index contributed by atoms with van der Waals surface area (Å²) in [4.78, 5) is 2.56. The van der Waals surface area contributed by atoms with Gasteiger partial charge in [-0.2, -0.15) is 5.10 Å². The standard InChI is InChI=1S/C16H22N2OS/c1-2-8-18-11-13(10-17-18)16(19)15-9-12-6-4-3-5-7-14(12)20-15/h9-11,16,19H,2-8H2,1H3. The van der Waals surface area contributed by atoms with Gasteiger partial charge in [0.05, 0.1) is 6.20 Å². The number of thiophene rings is 1. The molecule has 2 aromatic rings. The van der Waals surface area contributed by atoms with E-state index in [2.05, 4.69) is 18.1 Å². The van der Waals surface area contributed by atoms with Gasteiger partial charge in [-0.1, -0.05) is 13.3 Å². The summed E-state index contributed by atoms with van der Waals surface area (Å²) in [5.41, 5.74) is 2.37. The van der Waals surface area contributed by atoms with E-state index in [1.807, 2.05) is 10.9 Å². The monoisotopic (exact) mass is 290 g/mol. The van der Waals surface area contributed by atoms with E-state index in [-0.39, 0.29) is 0 Å². The molecule has 0 radical (unpaired) electrons. The van der Waals surface area contributed by atoms with Crippen molar-refractivity contribution in [3.63, 3.8) is 0 Å². The van der Waals surface area contributed by atoms with Crippen LogP contribution in [-0.4, -0.2) is 14.9 Å². The van der Waals surface area contributed by atoms with Crippen molar-refractivity contribution in [1.29, 1.82) is 0 Å². The fourth-order valence-electron chi connectivity index (χ4n) is 2.86. The van der Waals surface area contributed by atoms with Crippen LogP contribution in [0.25, 0.3) is 0 Å². The van der Waals surface area contributed by atoms with Gasteiger partial charge in [0.1, 0.15) is 6.10 Å². The van der Waals surface area contributed by atoms with Gasteiger partial charge < -0.3 is 5.11 Å². The maximum atomic E-state index is 10.6. The highest BCUT2D eigenvalue weighted by atomic mass is 32.1. The van der Waals surface area contributed by atoms with Crippen LogP contribution in [0.2, 0.25) is 0 Å². The molecule has 0 aromatic carbocycles. The summed E-state index contributed by atoms with van der Waals surface area (Å²) in [5, 5.41) is 14.9. The summed E-state index contributed by atoms with van der Waals surface area (Å²) in [6.45, 7) is 3.04. The van der Waals surface area contributed by atoms with Gasteiger partial charge >= 0.3 is 0 Å². The summed E-state index contributed by atoms with van der Waals surface area (Å²) in [5.74, 6) is 0. The Morgan fingerprint density at radius 2 is 2.20 bits per heavy atom. The Hall–Kier alpha value is -1.13. The lowest BCUT2D eigenvalue weighted by atomic mass is 10.1. The van der Waals surface area contributed by atoms with Gasteiger partial charge in [0.15, 0.2) is 0 Å². The first-order valence-electron chi connectivity index (χ1n) is 7.60. The Morgan fingerprint density at radius 3 is 3.05 bits per heavy atom. The molecule has 1 aliphatic rings. The molecule has 0 saturated carbocycles. The molecule has 2 heterocycles. The predicted molar refractivity (Wildman–Crippen MR) is 82.2 cm³/mol. The quantitative estimate of drug-likeness (QED) is 0.872. The molecule has 0 saturated heterocycles. The Balaban J connectivity index is 1.80. The van der Waals surface area contributed by atoms with Crippen molar-refractivity contribution >= 4 is 11.3 Å². The average molecular weight is 290 g/mol. The van der Waals surface area contributed by atoms with Crippen LogP contribution < -0.4 is 0 Å². The first kappa shape index (κ1) is 13.8. The van der Waals surface area contributed by atoms with Crippen LogP contribution >= 0.6 is 11.3 Å². The van der Waals surface area contributed by atoms with Gasteiger partial charge in [0.2, 0.25) is 0 Å². The fourth-order valence-corrected chi connectivity index (χ4v) is 4.13. The van der Waals surface area contributed by atoms with E-state index < -0.39 is 6.10 Å². The molecule has 4 heteroatoms. The zero-order valence-electron chi connectivity index (χ0n) is 12.0. The number of aromatic nitrogens is 2. The summed E-state index contributed by atoms with van der Waals surface area (Å²) in [7, 11) is 0. The van der Waals surface area contributed by atoms with Crippen molar-refractivity contribution in [1.82, 2.24) is 9.78 Å². The maximum absolute atomic E-state index is 10.6. The minimum Gasteiger partial charge on any atom is -0.383 e. The van der Waals surface area contributed by atoms with E-state index in [9.17, 15) is 5.11 Å². The van der Waals surface area contributed by atoms with E-state index in [1.54, 1.807) is 17.5 Å². The molecule has 0 fully saturated rings. The smallest absolute Gasteiger partial charge is 0.116 e. The number of rotatable bonds is 4. The number of hydrogen-bond donors (Lipinski definition) is 1. The molecule has 20 heavy (non-hydrogen) atoms. The minimum atomic E-state index is -0.516. The highest BCUT2D eigenvalue weighted by molar-refractivity contribution is 7.12. The van der Waals surface area contributed by atoms with E-state index in [4.69, 9.17) is 0 Å². The SMILES string of the molecule is CCCn1cc(C(O)c2cc3c(s2)CCCCC3)cn1. The molecule has 0 aliphatic heterocycles. The van der Waals surface area contributed by atoms with Crippen molar-refractivity contribution < 1.29 is 5.11 Å². The van der Waals surface area contributed by atoms with E-state index in [0.717, 1.165) is 23.4 Å². The van der Waals surface area contributed by atoms with Crippen LogP contribution in [0.5, 0.6) is 0 Å². The van der Waals surface area contributed by atoms with Crippen LogP contribution in [0.4, 0.5) is 0 Å². The van der Waals surface area contributed by atoms with Crippen LogP contribution in [0.1, 0.15) is 59.6 Å². The molecule has 0 spiro atoms. The third kappa shape index (κ3) is 2.81. The van der Waals surface area contributed by atoms with E-state index >= 15 is 0 Å². The molecule has 1 aliphatic carbocycles. The molecule has 1 N–H and O–H groups in total. The van der Waals surface area contributed by atoms with Crippen molar-refractivity contribution in [3.8, 4) is 0 Å². The second-order valence-corrected chi connectivity index (χ2v) is 6.77. The number of aliphatic hydroxyl groups excluding tert-OH is 1. The Kier molecular flexibility index (Phi) is 4.22. The lowest BCUT2D eigenvalue weighted by Crippen LogP contribution is -1.97. The van der Waals surface area contributed by atoms with Gasteiger partial charge in [-0.3, -0.25) is 4.68 Å². The molecule has 0 amide bonds. The van der Waals surface area contributed by atoms with Crippen molar-refractivity contribution in [2.45, 2.75) is 58.1 Å². The summed E-state index contributed by atoms with van der Waals surface area (Å²) in [6.07, 6.45) is 10.6. The number of fused-ring (bicyclic) bond motifs is 1. The molecule has 1 unspecified atom stereocenters. The van der Waals surface area contributed by atoms with Crippen molar-refractivity contribution in [2.24, 2.45) is 0 Å². The third-order valence-corrected chi connectivity index (χ3v) is 5.25. The molecule has 3 nitrogen and oxygen atoms in total. The molecule has 0 bridgehead atoms. The summed E-state index contributed by atoms with van der Waals surface area (Å²) in [6, 6.07) is 2.22. The zero-order chi connectivity index (χ0) is 13.9. The normalized spacial score (nSPS) is 16.7. The number of aryl methyl sites for hydroxylation is 3. The molecule has 3 rings (SSSR count). The van der Waals surface area contributed by atoms with Crippen molar-refractivity contribution in [2.75, 3.05) is 0 Å². The highest BCUT2D eigenvalue weighted by Crippen LogP contribution is 2.34. The van der Waals surface area contributed by atoms with Gasteiger partial charge in [-0.05, 0) is 43.7 Å². The largest absolute Gasteiger partial charge is 0.383 e. The summed E-state index contributed by atoms with van der Waals surface area (Å²) < 4.78 is 1.91. The molecule has 1 atom stereocenters. The summed E-state index contributed by atoms with van der Waals surface area (Å²) >= 11 is 1.79. The number of hydrogen-bond acceptors (Lipinski definition) is 3. The first-order chi connectivity index (χ1) is 9.78. The van der Waals surface area contributed by atoms with E-state index in [0.29, 0.717) is 0 Å². The molecule has 2 aromatic heterocycles. The van der Waals surface area contributed by atoms with Gasteiger partial charge in [-0.15, -0.1) is 11.3 Å². The Bertz CT molecular complexity index is 549. The second kappa shape index (κ2) is 6.10. The number of nitrogens with zero attached hydrogens (tertiary/aromatic N) is 2. The fraction of sp³-hybridized carbons (Fsp3) is 0.562. The van der Waals surface area contributed by atoms with Crippen molar-refractivity contribution in [3.05, 3.63) is 39.3 Å². The topological polar surface area (TPSA) is 38.0 Å². The average Bonchev–Trinajstić information content (AvgIpc) is 3.01. The van der Waals surface area contributed by atoms with E-state index in [1.165, 1.54) is 42.5 Å². The highest BCUT2D eigenvalue weighted by Gasteiger charge is 2.19. The third-order valence-electron chi connectivity index (χ3n) is 3.96. The van der Waals surface area contributed by atoms with Crippen LogP contribution in [0.3, 0.4) is 0 Å². The lowest BCUT2D eigenvalue weighted by molar-refractivity contribution is 0.224. The molecule has 108 valence electrons. The zero-order valence-corrected chi connectivity index (χ0v) is 12.8. The molecular weight excluding hydrogens is 268 g/mol. The number of aliphatic hydroxyl groups is 1. The predicted octanol–water partition coefficient (Wildman–Crippen LogP) is 3.71. The van der Waals surface area contributed by atoms with Crippen LogP contribution in [0, 0.1) is 0 Å². The Labute approximate surface area is 124 Å². The van der Waals surface area contributed by atoms with Gasteiger partial charge in [-0.25, -0.2) is 0 Å². The molecular formula is C16H22N2OS.